The molecule has 0 aliphatic carbocycles. The Labute approximate surface area is 184 Å². The van der Waals surface area contributed by atoms with Crippen molar-refractivity contribution < 1.29 is 14.3 Å². The van der Waals surface area contributed by atoms with Crippen molar-refractivity contribution in [1.82, 2.24) is 19.4 Å². The highest BCUT2D eigenvalue weighted by Crippen LogP contribution is 2.13. The molecule has 9 nitrogen and oxygen atoms in total. The van der Waals surface area contributed by atoms with E-state index in [0.29, 0.717) is 0 Å². The minimum atomic E-state index is -0.942. The average molecular weight is 438 g/mol. The van der Waals surface area contributed by atoms with Crippen LogP contribution in [0.15, 0.2) is 52.2 Å². The minimum Gasteiger partial charge on any atom is -0.458 e. The maximum Gasteiger partial charge on any atom is 0.332 e. The first-order valence-electron chi connectivity index (χ1n) is 10.1. The number of rotatable bonds is 5. The van der Waals surface area contributed by atoms with E-state index in [0.717, 1.165) is 10.1 Å². The van der Waals surface area contributed by atoms with Gasteiger partial charge in [-0.25, -0.2) is 14.6 Å². The molecule has 0 saturated heterocycles. The molecule has 32 heavy (non-hydrogen) atoms. The number of fused-ring (bicyclic) bond motifs is 1. The Morgan fingerprint density at radius 3 is 2.38 bits per heavy atom. The van der Waals surface area contributed by atoms with Gasteiger partial charge >= 0.3 is 11.7 Å². The van der Waals surface area contributed by atoms with Crippen LogP contribution in [0.5, 0.6) is 0 Å². The van der Waals surface area contributed by atoms with Gasteiger partial charge in [-0.2, -0.15) is 0 Å². The van der Waals surface area contributed by atoms with Gasteiger partial charge in [0, 0.05) is 26.7 Å². The molecule has 0 aliphatic heterocycles. The summed E-state index contributed by atoms with van der Waals surface area (Å²) in [6, 6.07) is 9.68. The third kappa shape index (κ3) is 4.93. The summed E-state index contributed by atoms with van der Waals surface area (Å²) >= 11 is 0. The number of hydrogen-bond donors (Lipinski definition) is 1. The lowest BCUT2D eigenvalue weighted by Gasteiger charge is -2.24. The number of benzene rings is 1. The molecule has 3 aromatic rings. The molecule has 0 bridgehead atoms. The number of amides is 1. The van der Waals surface area contributed by atoms with Gasteiger partial charge in [0.2, 0.25) is 0 Å². The Morgan fingerprint density at radius 2 is 1.75 bits per heavy atom. The largest absolute Gasteiger partial charge is 0.458 e. The Balaban J connectivity index is 1.94. The van der Waals surface area contributed by atoms with Gasteiger partial charge in [-0.1, -0.05) is 30.3 Å². The van der Waals surface area contributed by atoms with Gasteiger partial charge in [-0.3, -0.25) is 18.7 Å². The summed E-state index contributed by atoms with van der Waals surface area (Å²) in [6.07, 6.45) is 1.50. The monoisotopic (exact) mass is 438 g/mol. The second kappa shape index (κ2) is 8.78. The molecular formula is C23H26N4O5. The Hall–Kier alpha value is -3.75. The molecule has 1 N–H and O–H groups in total. The molecule has 9 heteroatoms. The number of aromatic nitrogens is 3. The zero-order valence-electron chi connectivity index (χ0n) is 18.7. The summed E-state index contributed by atoms with van der Waals surface area (Å²) in [5.41, 5.74) is -0.682. The van der Waals surface area contributed by atoms with Crippen LogP contribution in [0.25, 0.3) is 11.0 Å². The van der Waals surface area contributed by atoms with Crippen LogP contribution in [0.1, 0.15) is 36.7 Å². The van der Waals surface area contributed by atoms with E-state index in [4.69, 9.17) is 4.74 Å². The van der Waals surface area contributed by atoms with Gasteiger partial charge in [-0.15, -0.1) is 0 Å². The van der Waals surface area contributed by atoms with Gasteiger partial charge < -0.3 is 10.1 Å². The van der Waals surface area contributed by atoms with E-state index in [1.54, 1.807) is 20.8 Å². The first-order valence-corrected chi connectivity index (χ1v) is 10.1. The predicted molar refractivity (Wildman–Crippen MR) is 119 cm³/mol. The van der Waals surface area contributed by atoms with E-state index >= 15 is 0 Å². The maximum atomic E-state index is 13.0. The number of nitrogens with one attached hydrogen (secondary N) is 1. The lowest BCUT2D eigenvalue weighted by atomic mass is 10.0. The number of ether oxygens (including phenoxy) is 1. The van der Waals surface area contributed by atoms with Crippen molar-refractivity contribution in [2.24, 2.45) is 14.1 Å². The van der Waals surface area contributed by atoms with Crippen molar-refractivity contribution in [1.29, 1.82) is 0 Å². The average Bonchev–Trinajstić information content (AvgIpc) is 2.74. The number of carbonyl (C=O) groups is 2. The minimum absolute atomic E-state index is 0.0925. The van der Waals surface area contributed by atoms with Crippen molar-refractivity contribution in [2.75, 3.05) is 0 Å². The first kappa shape index (κ1) is 22.9. The molecule has 0 saturated carbocycles. The van der Waals surface area contributed by atoms with E-state index in [1.807, 2.05) is 30.3 Å². The van der Waals surface area contributed by atoms with Crippen LogP contribution in [-0.2, 0) is 30.0 Å². The van der Waals surface area contributed by atoms with Crippen molar-refractivity contribution >= 4 is 22.9 Å². The van der Waals surface area contributed by atoms with Crippen LogP contribution in [0, 0.1) is 0 Å². The molecule has 1 amide bonds. The number of hydrogen-bond acceptors (Lipinski definition) is 6. The van der Waals surface area contributed by atoms with E-state index in [9.17, 15) is 19.2 Å². The molecule has 1 atom stereocenters. The molecular weight excluding hydrogens is 412 g/mol. The highest BCUT2D eigenvalue weighted by Gasteiger charge is 2.27. The normalized spacial score (nSPS) is 12.4. The standard InChI is InChI=1S/C23H26N4O5/c1-23(2,3)32-21(30)17(11-14-9-7-6-8-10-14)25-19(28)15-12-16-18(24-13-15)26(4)22(31)27(5)20(16)29/h6-10,12-13,17H,11H2,1-5H3,(H,25,28)/t17-/m1/s1. The lowest BCUT2D eigenvalue weighted by molar-refractivity contribution is -0.157. The quantitative estimate of drug-likeness (QED) is 0.601. The zero-order valence-corrected chi connectivity index (χ0v) is 18.7. The molecule has 1 aromatic carbocycles. The number of aryl methyl sites for hydroxylation is 1. The summed E-state index contributed by atoms with van der Waals surface area (Å²) < 4.78 is 7.66. The molecule has 2 heterocycles. The molecule has 0 unspecified atom stereocenters. The highest BCUT2D eigenvalue weighted by atomic mass is 16.6. The van der Waals surface area contributed by atoms with Gasteiger partial charge in [0.25, 0.3) is 11.5 Å². The first-order chi connectivity index (χ1) is 15.0. The summed E-state index contributed by atoms with van der Waals surface area (Å²) in [7, 11) is 2.85. The molecule has 0 radical (unpaired) electrons. The number of nitrogens with zero attached hydrogens (tertiary/aromatic N) is 3. The number of pyridine rings is 1. The SMILES string of the molecule is Cn1c(=O)c2cc(C(=O)N[C@H](Cc3ccccc3)C(=O)OC(C)(C)C)cnc2n(C)c1=O. The Bertz CT molecular complexity index is 1290. The fourth-order valence-electron chi connectivity index (χ4n) is 3.25. The van der Waals surface area contributed by atoms with Crippen LogP contribution in [0.2, 0.25) is 0 Å². The summed E-state index contributed by atoms with van der Waals surface area (Å²) in [5, 5.41) is 2.82. The Morgan fingerprint density at radius 1 is 1.09 bits per heavy atom. The second-order valence-electron chi connectivity index (χ2n) is 8.55. The molecule has 2 aromatic heterocycles. The number of esters is 1. The molecule has 0 spiro atoms. The predicted octanol–water partition coefficient (Wildman–Crippen LogP) is 1.31. The lowest BCUT2D eigenvalue weighted by Crippen LogP contribution is -2.45. The van der Waals surface area contributed by atoms with Crippen LogP contribution in [-0.4, -0.2) is 37.6 Å². The Kier molecular flexibility index (Phi) is 6.29. The van der Waals surface area contributed by atoms with Crippen LogP contribution >= 0.6 is 0 Å². The molecule has 0 fully saturated rings. The third-order valence-corrected chi connectivity index (χ3v) is 4.83. The fourth-order valence-corrected chi connectivity index (χ4v) is 3.25. The van der Waals surface area contributed by atoms with Crippen LogP contribution < -0.4 is 16.6 Å². The van der Waals surface area contributed by atoms with Gasteiger partial charge in [0.15, 0.2) is 0 Å². The van der Waals surface area contributed by atoms with Gasteiger partial charge in [0.1, 0.15) is 17.3 Å². The number of carbonyl (C=O) groups excluding carboxylic acids is 2. The maximum absolute atomic E-state index is 13.0. The van der Waals surface area contributed by atoms with Gasteiger partial charge in [-0.05, 0) is 32.4 Å². The molecule has 3 rings (SSSR count). The molecule has 0 aliphatic rings. The second-order valence-corrected chi connectivity index (χ2v) is 8.55. The van der Waals surface area contributed by atoms with Crippen LogP contribution in [0.4, 0.5) is 0 Å². The van der Waals surface area contributed by atoms with Gasteiger partial charge in [0.05, 0.1) is 10.9 Å². The van der Waals surface area contributed by atoms with E-state index in [-0.39, 0.29) is 23.0 Å². The van der Waals surface area contributed by atoms with Crippen molar-refractivity contribution in [3.8, 4) is 0 Å². The summed E-state index contributed by atoms with van der Waals surface area (Å²) in [5.74, 6) is -1.15. The van der Waals surface area contributed by atoms with Crippen LogP contribution in [0.3, 0.4) is 0 Å². The smallest absolute Gasteiger partial charge is 0.332 e. The van der Waals surface area contributed by atoms with E-state index in [2.05, 4.69) is 10.3 Å². The topological polar surface area (TPSA) is 112 Å². The van der Waals surface area contributed by atoms with E-state index in [1.165, 1.54) is 30.9 Å². The van der Waals surface area contributed by atoms with Crippen molar-refractivity contribution in [3.05, 3.63) is 74.6 Å². The van der Waals surface area contributed by atoms with Crippen molar-refractivity contribution in [3.63, 3.8) is 0 Å². The highest BCUT2D eigenvalue weighted by molar-refractivity contribution is 5.98. The van der Waals surface area contributed by atoms with E-state index < -0.39 is 34.8 Å². The van der Waals surface area contributed by atoms with Crippen molar-refractivity contribution in [2.45, 2.75) is 38.8 Å². The summed E-state index contributed by atoms with van der Waals surface area (Å²) in [6.45, 7) is 5.25. The fraction of sp³-hybridized carbons (Fsp3) is 0.348. The third-order valence-electron chi connectivity index (χ3n) is 4.83. The summed E-state index contributed by atoms with van der Waals surface area (Å²) in [4.78, 5) is 54.5. The molecule has 168 valence electrons. The zero-order chi connectivity index (χ0) is 23.6.